The average molecular weight is 789 g/mol. The molecular weight excluding hydrogens is 757 g/mol. The zero-order chi connectivity index (χ0) is 39.3. The van der Waals surface area contributed by atoms with E-state index in [1.165, 1.54) is 130 Å². The molecule has 3 heteroatoms. The Morgan fingerprint density at radius 1 is 0.262 bits per heavy atom. The number of thiophene rings is 1. The molecule has 3 aliphatic carbocycles. The van der Waals surface area contributed by atoms with Crippen molar-refractivity contribution < 1.29 is 0 Å². The van der Waals surface area contributed by atoms with E-state index in [0.717, 1.165) is 0 Å². The summed E-state index contributed by atoms with van der Waals surface area (Å²) >= 11 is 1.95. The van der Waals surface area contributed by atoms with Crippen LogP contribution in [0.4, 0.5) is 0 Å². The van der Waals surface area contributed by atoms with Crippen molar-refractivity contribution in [2.24, 2.45) is 0 Å². The fraction of sp³-hybridized carbons (Fsp3) is 0.0345. The second-order valence-corrected chi connectivity index (χ2v) is 18.5. The topological polar surface area (TPSA) is 9.86 Å². The highest BCUT2D eigenvalue weighted by Gasteiger charge is 2.68. The molecule has 0 radical (unpaired) electrons. The predicted octanol–water partition coefficient (Wildman–Crippen LogP) is 14.9. The standard InChI is InChI=1S/C58H32N2S/c1-5-23-45-33(13-1)34-14-2-6-24-46(34)59(45)49-31-29-43-53-37(49)17-9-19-39(53)57-40-20-10-18-38-50(60-47-25-7-3-15-35(47)36-16-4-8-26-48(36)60)32-30-44(54(38)40)58(43,57)42-22-12-28-52-56(42)55-41(57)21-11-27-51(55)61-52/h1-32H. The molecule has 3 heterocycles. The minimum atomic E-state index is -0.503. The van der Waals surface area contributed by atoms with Crippen molar-refractivity contribution in [1.29, 1.82) is 0 Å². The zero-order valence-corrected chi connectivity index (χ0v) is 33.6. The predicted molar refractivity (Wildman–Crippen MR) is 256 cm³/mol. The molecule has 0 atom stereocenters. The zero-order valence-electron chi connectivity index (χ0n) is 32.8. The summed E-state index contributed by atoms with van der Waals surface area (Å²) in [4.78, 5) is 0. The first-order chi connectivity index (χ1) is 30.3. The van der Waals surface area contributed by atoms with Crippen LogP contribution in [-0.2, 0) is 10.8 Å². The quantitative estimate of drug-likeness (QED) is 0.165. The molecule has 0 unspecified atom stereocenters. The number of fused-ring (bicyclic) bond motifs is 6. The van der Waals surface area contributed by atoms with Gasteiger partial charge in [0, 0.05) is 52.5 Å². The van der Waals surface area contributed by atoms with Crippen LogP contribution in [0.1, 0.15) is 33.4 Å². The highest BCUT2D eigenvalue weighted by atomic mass is 32.1. The summed E-state index contributed by atoms with van der Waals surface area (Å²) in [5.41, 5.74) is 14.9. The number of hydrogen-bond donors (Lipinski definition) is 0. The molecule has 61 heavy (non-hydrogen) atoms. The van der Waals surface area contributed by atoms with E-state index in [1.807, 2.05) is 11.3 Å². The van der Waals surface area contributed by atoms with E-state index in [-0.39, 0.29) is 0 Å². The summed E-state index contributed by atoms with van der Waals surface area (Å²) in [5, 5.41) is 13.4. The van der Waals surface area contributed by atoms with Crippen molar-refractivity contribution in [3.05, 3.63) is 228 Å². The molecule has 0 bridgehead atoms. The lowest BCUT2D eigenvalue weighted by atomic mass is 9.51. The second kappa shape index (κ2) is 10.5. The Hall–Kier alpha value is -7.46. The van der Waals surface area contributed by atoms with Gasteiger partial charge in [-0.05, 0) is 92.7 Å². The molecular formula is C58H32N2S. The van der Waals surface area contributed by atoms with E-state index in [4.69, 9.17) is 0 Å². The third-order valence-corrected chi connectivity index (χ3v) is 16.3. The van der Waals surface area contributed by atoms with Crippen molar-refractivity contribution in [3.8, 4) is 11.4 Å². The summed E-state index contributed by atoms with van der Waals surface area (Å²) < 4.78 is 7.77. The molecule has 3 aromatic heterocycles. The maximum absolute atomic E-state index is 2.53. The SMILES string of the molecule is c1cc2c3c(c1)sc1cccc(c13)C13c4ccc(-n5c6ccccc6c6ccccc65)c5cccc(c45)C21c1cccc2c(-n4c5ccccc5c5ccccc54)ccc3c12. The van der Waals surface area contributed by atoms with Gasteiger partial charge in [0.25, 0.3) is 0 Å². The molecule has 280 valence electrons. The van der Waals surface area contributed by atoms with E-state index < -0.39 is 10.8 Å². The first-order valence-electron chi connectivity index (χ1n) is 21.4. The van der Waals surface area contributed by atoms with Crippen LogP contribution in [0.5, 0.6) is 0 Å². The van der Waals surface area contributed by atoms with Gasteiger partial charge in [-0.15, -0.1) is 11.3 Å². The summed E-state index contributed by atoms with van der Waals surface area (Å²) in [7, 11) is 0. The van der Waals surface area contributed by atoms with E-state index in [9.17, 15) is 0 Å². The Morgan fingerprint density at radius 2 is 0.574 bits per heavy atom. The van der Waals surface area contributed by atoms with Gasteiger partial charge in [-0.2, -0.15) is 0 Å². The molecule has 3 aliphatic rings. The molecule has 0 N–H and O–H groups in total. The number of nitrogens with zero attached hydrogens (tertiary/aromatic N) is 2. The van der Waals surface area contributed by atoms with Gasteiger partial charge >= 0.3 is 0 Å². The van der Waals surface area contributed by atoms with Crippen LogP contribution in [0.25, 0.3) is 96.7 Å². The molecule has 0 fully saturated rings. The van der Waals surface area contributed by atoms with Crippen molar-refractivity contribution in [3.63, 3.8) is 0 Å². The van der Waals surface area contributed by atoms with Gasteiger partial charge in [-0.25, -0.2) is 0 Å². The minimum absolute atomic E-state index is 0.503. The Kier molecular flexibility index (Phi) is 5.39. The minimum Gasteiger partial charge on any atom is -0.309 e. The molecule has 0 amide bonds. The Morgan fingerprint density at radius 3 is 0.967 bits per heavy atom. The van der Waals surface area contributed by atoms with Gasteiger partial charge in [-0.3, -0.25) is 0 Å². The van der Waals surface area contributed by atoms with Crippen LogP contribution < -0.4 is 0 Å². The number of hydrogen-bond acceptors (Lipinski definition) is 1. The normalized spacial score (nSPS) is 18.3. The number of aromatic nitrogens is 2. The van der Waals surface area contributed by atoms with Crippen LogP contribution in [0.2, 0.25) is 0 Å². The summed E-state index contributed by atoms with van der Waals surface area (Å²) in [6.45, 7) is 0. The largest absolute Gasteiger partial charge is 0.309 e. The second-order valence-electron chi connectivity index (χ2n) is 17.4. The first kappa shape index (κ1) is 31.5. The van der Waals surface area contributed by atoms with Crippen LogP contribution >= 0.6 is 11.3 Å². The monoisotopic (exact) mass is 788 g/mol. The fourth-order valence-electron chi connectivity index (χ4n) is 13.4. The van der Waals surface area contributed by atoms with Gasteiger partial charge in [0.15, 0.2) is 0 Å². The van der Waals surface area contributed by atoms with Crippen LogP contribution in [0.3, 0.4) is 0 Å². The molecule has 0 saturated carbocycles. The average Bonchev–Trinajstić information content (AvgIpc) is 4.09. The summed E-state index contributed by atoms with van der Waals surface area (Å²) in [6, 6.07) is 74.4. The van der Waals surface area contributed by atoms with E-state index in [0.29, 0.717) is 0 Å². The fourth-order valence-corrected chi connectivity index (χ4v) is 14.5. The molecule has 0 aliphatic heterocycles. The van der Waals surface area contributed by atoms with Crippen LogP contribution in [-0.4, -0.2) is 9.13 Å². The Labute approximate surface area is 353 Å². The first-order valence-corrected chi connectivity index (χ1v) is 22.2. The lowest BCUT2D eigenvalue weighted by molar-refractivity contribution is 0.469. The van der Waals surface area contributed by atoms with Gasteiger partial charge in [-0.1, -0.05) is 146 Å². The number of benzene rings is 10. The van der Waals surface area contributed by atoms with Crippen molar-refractivity contribution in [2.45, 2.75) is 10.8 Å². The van der Waals surface area contributed by atoms with Crippen molar-refractivity contribution in [1.82, 2.24) is 9.13 Å². The molecule has 2 nitrogen and oxygen atoms in total. The molecule has 0 spiro atoms. The number of para-hydroxylation sites is 4. The molecule has 16 rings (SSSR count). The maximum Gasteiger partial charge on any atom is 0.0648 e. The lowest BCUT2D eigenvalue weighted by Crippen LogP contribution is -2.47. The van der Waals surface area contributed by atoms with Crippen molar-refractivity contribution >= 4 is 96.7 Å². The molecule has 10 aromatic carbocycles. The van der Waals surface area contributed by atoms with Gasteiger partial charge in [0.2, 0.25) is 0 Å². The van der Waals surface area contributed by atoms with E-state index >= 15 is 0 Å². The molecule has 13 aromatic rings. The number of rotatable bonds is 2. The summed E-state index contributed by atoms with van der Waals surface area (Å²) in [6.07, 6.45) is 0. The maximum atomic E-state index is 2.53. The third kappa shape index (κ3) is 3.24. The lowest BCUT2D eigenvalue weighted by Gasteiger charge is -2.48. The Balaban J connectivity index is 1.11. The van der Waals surface area contributed by atoms with Crippen LogP contribution in [0, 0.1) is 0 Å². The summed E-state index contributed by atoms with van der Waals surface area (Å²) in [5.74, 6) is 0. The highest BCUT2D eigenvalue weighted by Crippen LogP contribution is 2.75. The molecule has 0 saturated heterocycles. The highest BCUT2D eigenvalue weighted by molar-refractivity contribution is 7.26. The Bertz CT molecular complexity index is 3800. The van der Waals surface area contributed by atoms with Gasteiger partial charge in [0.05, 0.1) is 44.3 Å². The van der Waals surface area contributed by atoms with E-state index in [1.54, 1.807) is 0 Å². The van der Waals surface area contributed by atoms with Crippen molar-refractivity contribution in [2.75, 3.05) is 0 Å². The smallest absolute Gasteiger partial charge is 0.0648 e. The van der Waals surface area contributed by atoms with Gasteiger partial charge < -0.3 is 9.13 Å². The van der Waals surface area contributed by atoms with Gasteiger partial charge in [0.1, 0.15) is 0 Å². The third-order valence-electron chi connectivity index (χ3n) is 15.2. The van der Waals surface area contributed by atoms with Crippen LogP contribution in [0.15, 0.2) is 194 Å². The van der Waals surface area contributed by atoms with E-state index in [2.05, 4.69) is 203 Å².